The number of hydrogen-bond donors (Lipinski definition) is 1. The first-order valence-electron chi connectivity index (χ1n) is 8.08. The predicted molar refractivity (Wildman–Crippen MR) is 103 cm³/mol. The summed E-state index contributed by atoms with van der Waals surface area (Å²) in [7, 11) is 1.52. The fourth-order valence-corrected chi connectivity index (χ4v) is 3.18. The zero-order chi connectivity index (χ0) is 19.6. The molecule has 7 nitrogen and oxygen atoms in total. The average molecular weight is 408 g/mol. The van der Waals surface area contributed by atoms with Crippen molar-refractivity contribution >= 4 is 35.0 Å². The van der Waals surface area contributed by atoms with Gasteiger partial charge in [-0.3, -0.25) is 4.79 Å². The van der Waals surface area contributed by atoms with Crippen LogP contribution in [0.1, 0.15) is 18.2 Å². The lowest BCUT2D eigenvalue weighted by molar-refractivity contribution is -0.115. The Hall–Kier alpha value is -2.45. The lowest BCUT2D eigenvalue weighted by Gasteiger charge is -2.14. The minimum Gasteiger partial charge on any atom is -0.495 e. The number of aromatic nitrogens is 2. The van der Waals surface area contributed by atoms with E-state index in [2.05, 4.69) is 15.5 Å². The Kier molecular flexibility index (Phi) is 5.76. The van der Waals surface area contributed by atoms with Crippen LogP contribution >= 0.6 is 23.4 Å². The maximum absolute atomic E-state index is 12.5. The van der Waals surface area contributed by atoms with Crippen molar-refractivity contribution in [3.8, 4) is 17.2 Å². The van der Waals surface area contributed by atoms with Gasteiger partial charge in [-0.05, 0) is 38.5 Å². The molecule has 1 aromatic carbocycles. The standard InChI is InChI=1S/C18H18ClN3O4S/c1-9-7-14(15(24-4)8-13(9)19)20-16(23)11(3)27-18-22-21-17(26-18)12-5-6-25-10(12)2/h5-8,11H,1-4H3,(H,20,23)/t11-/m0/s1. The number of aryl methyl sites for hydroxylation is 2. The SMILES string of the molecule is COc1cc(Cl)c(C)cc1NC(=O)[C@H](C)Sc1nnc(-c2ccoc2C)o1. The lowest BCUT2D eigenvalue weighted by atomic mass is 10.2. The van der Waals surface area contributed by atoms with E-state index in [0.717, 1.165) is 11.1 Å². The first kappa shape index (κ1) is 19.3. The van der Waals surface area contributed by atoms with Crippen LogP contribution in [0.25, 0.3) is 11.5 Å². The first-order chi connectivity index (χ1) is 12.9. The van der Waals surface area contributed by atoms with Crippen LogP contribution in [0, 0.1) is 13.8 Å². The fraction of sp³-hybridized carbons (Fsp3) is 0.278. The van der Waals surface area contributed by atoms with Crippen LogP contribution < -0.4 is 10.1 Å². The maximum Gasteiger partial charge on any atom is 0.277 e. The van der Waals surface area contributed by atoms with Gasteiger partial charge in [0.25, 0.3) is 11.1 Å². The fourth-order valence-electron chi connectivity index (χ4n) is 2.34. The summed E-state index contributed by atoms with van der Waals surface area (Å²) in [4.78, 5) is 12.5. The summed E-state index contributed by atoms with van der Waals surface area (Å²) in [6, 6.07) is 5.19. The molecule has 142 valence electrons. The Morgan fingerprint density at radius 2 is 2.11 bits per heavy atom. The number of furan rings is 1. The number of benzene rings is 1. The third-order valence-corrected chi connectivity index (χ3v) is 5.22. The second-order valence-corrected chi connectivity index (χ2v) is 7.51. The number of thioether (sulfide) groups is 1. The summed E-state index contributed by atoms with van der Waals surface area (Å²) < 4.78 is 16.1. The molecule has 0 fully saturated rings. The third kappa shape index (κ3) is 4.28. The number of halogens is 1. The van der Waals surface area contributed by atoms with Gasteiger partial charge in [-0.15, -0.1) is 10.2 Å². The first-order valence-corrected chi connectivity index (χ1v) is 9.34. The molecule has 1 amide bonds. The van der Waals surface area contributed by atoms with Crippen LogP contribution in [0.15, 0.2) is 38.5 Å². The van der Waals surface area contributed by atoms with Crippen LogP contribution in [-0.4, -0.2) is 28.5 Å². The van der Waals surface area contributed by atoms with Crippen molar-refractivity contribution in [2.24, 2.45) is 0 Å². The molecule has 0 bridgehead atoms. The summed E-state index contributed by atoms with van der Waals surface area (Å²) in [6.07, 6.45) is 1.55. The number of methoxy groups -OCH3 is 1. The van der Waals surface area contributed by atoms with Crippen molar-refractivity contribution in [1.29, 1.82) is 0 Å². The van der Waals surface area contributed by atoms with Gasteiger partial charge in [-0.1, -0.05) is 23.4 Å². The predicted octanol–water partition coefficient (Wildman–Crippen LogP) is 4.73. The largest absolute Gasteiger partial charge is 0.495 e. The Morgan fingerprint density at radius 1 is 1.33 bits per heavy atom. The van der Waals surface area contributed by atoms with Crippen molar-refractivity contribution < 1.29 is 18.4 Å². The van der Waals surface area contributed by atoms with Crippen LogP contribution in [0.4, 0.5) is 5.69 Å². The summed E-state index contributed by atoms with van der Waals surface area (Å²) >= 11 is 7.26. The van der Waals surface area contributed by atoms with Gasteiger partial charge in [-0.2, -0.15) is 0 Å². The second kappa shape index (κ2) is 8.06. The molecule has 1 N–H and O–H groups in total. The summed E-state index contributed by atoms with van der Waals surface area (Å²) in [6.45, 7) is 5.42. The number of ether oxygens (including phenoxy) is 1. The number of carbonyl (C=O) groups excluding carboxylic acids is 1. The van der Waals surface area contributed by atoms with E-state index in [1.54, 1.807) is 31.4 Å². The van der Waals surface area contributed by atoms with Gasteiger partial charge in [-0.25, -0.2) is 0 Å². The zero-order valence-corrected chi connectivity index (χ0v) is 16.8. The Labute approximate surface area is 165 Å². The molecule has 0 saturated heterocycles. The molecule has 0 spiro atoms. The molecule has 0 unspecified atom stereocenters. The highest BCUT2D eigenvalue weighted by Gasteiger charge is 2.21. The maximum atomic E-state index is 12.5. The molecular weight excluding hydrogens is 390 g/mol. The van der Waals surface area contributed by atoms with Crippen molar-refractivity contribution in [2.45, 2.75) is 31.2 Å². The van der Waals surface area contributed by atoms with Gasteiger partial charge < -0.3 is 18.9 Å². The molecule has 0 aliphatic heterocycles. The van der Waals surface area contributed by atoms with Crippen molar-refractivity contribution in [3.63, 3.8) is 0 Å². The summed E-state index contributed by atoms with van der Waals surface area (Å²) in [5.74, 6) is 1.31. The molecule has 2 aromatic heterocycles. The number of hydrogen-bond acceptors (Lipinski definition) is 7. The summed E-state index contributed by atoms with van der Waals surface area (Å²) in [5.41, 5.74) is 2.12. The highest BCUT2D eigenvalue weighted by atomic mass is 35.5. The Balaban J connectivity index is 1.69. The van der Waals surface area contributed by atoms with Gasteiger partial charge in [0.1, 0.15) is 11.5 Å². The van der Waals surface area contributed by atoms with Crippen molar-refractivity contribution in [1.82, 2.24) is 10.2 Å². The molecule has 2 heterocycles. The van der Waals surface area contributed by atoms with E-state index in [-0.39, 0.29) is 5.91 Å². The van der Waals surface area contributed by atoms with Gasteiger partial charge in [0, 0.05) is 11.1 Å². The molecule has 0 saturated carbocycles. The van der Waals surface area contributed by atoms with E-state index in [1.165, 1.54) is 18.9 Å². The smallest absolute Gasteiger partial charge is 0.277 e. The van der Waals surface area contributed by atoms with Gasteiger partial charge in [0.15, 0.2) is 0 Å². The highest BCUT2D eigenvalue weighted by Crippen LogP contribution is 2.32. The average Bonchev–Trinajstić information content (AvgIpc) is 3.26. The number of nitrogens with zero attached hydrogens (tertiary/aromatic N) is 2. The van der Waals surface area contributed by atoms with Crippen LogP contribution in [0.2, 0.25) is 5.02 Å². The van der Waals surface area contributed by atoms with E-state index in [0.29, 0.717) is 33.3 Å². The van der Waals surface area contributed by atoms with Gasteiger partial charge >= 0.3 is 0 Å². The lowest BCUT2D eigenvalue weighted by Crippen LogP contribution is -2.22. The molecular formula is C18H18ClN3O4S. The molecule has 0 aliphatic rings. The molecule has 9 heteroatoms. The highest BCUT2D eigenvalue weighted by molar-refractivity contribution is 8.00. The Bertz CT molecular complexity index is 969. The number of carbonyl (C=O) groups is 1. The quantitative estimate of drug-likeness (QED) is 0.590. The van der Waals surface area contributed by atoms with Crippen molar-refractivity contribution in [3.05, 3.63) is 40.8 Å². The topological polar surface area (TPSA) is 90.4 Å². The normalized spacial score (nSPS) is 12.0. The van der Waals surface area contributed by atoms with Gasteiger partial charge in [0.05, 0.1) is 29.9 Å². The summed E-state index contributed by atoms with van der Waals surface area (Å²) in [5, 5.41) is 11.2. The monoisotopic (exact) mass is 407 g/mol. The van der Waals surface area contributed by atoms with Crippen LogP contribution in [0.5, 0.6) is 5.75 Å². The van der Waals surface area contributed by atoms with Crippen molar-refractivity contribution in [2.75, 3.05) is 12.4 Å². The number of rotatable bonds is 6. The molecule has 3 rings (SSSR count). The number of anilines is 1. The molecule has 0 aliphatic carbocycles. The van der Waals surface area contributed by atoms with E-state index < -0.39 is 5.25 Å². The molecule has 3 aromatic rings. The van der Waals surface area contributed by atoms with Gasteiger partial charge in [0.2, 0.25) is 5.91 Å². The molecule has 0 radical (unpaired) electrons. The zero-order valence-electron chi connectivity index (χ0n) is 15.2. The minimum atomic E-state index is -0.468. The third-order valence-electron chi connectivity index (χ3n) is 3.88. The van der Waals surface area contributed by atoms with Crippen LogP contribution in [-0.2, 0) is 4.79 Å². The number of nitrogens with one attached hydrogen (secondary N) is 1. The molecule has 27 heavy (non-hydrogen) atoms. The van der Waals surface area contributed by atoms with Crippen LogP contribution in [0.3, 0.4) is 0 Å². The minimum absolute atomic E-state index is 0.223. The number of amides is 1. The van der Waals surface area contributed by atoms with E-state index in [1.807, 2.05) is 13.8 Å². The van der Waals surface area contributed by atoms with E-state index in [9.17, 15) is 4.79 Å². The Morgan fingerprint density at radius 3 is 2.78 bits per heavy atom. The van der Waals surface area contributed by atoms with E-state index >= 15 is 0 Å². The molecule has 1 atom stereocenters. The second-order valence-electron chi connectivity index (χ2n) is 5.81. The van der Waals surface area contributed by atoms with E-state index in [4.69, 9.17) is 25.2 Å².